The lowest BCUT2D eigenvalue weighted by atomic mass is 10.1. The highest BCUT2D eigenvalue weighted by molar-refractivity contribution is 5.81. The van der Waals surface area contributed by atoms with Crippen molar-refractivity contribution < 1.29 is 9.53 Å². The van der Waals surface area contributed by atoms with Gasteiger partial charge >= 0.3 is 0 Å². The fourth-order valence-corrected chi connectivity index (χ4v) is 3.14. The number of carbonyl (C=O) groups excluding carboxylic acids is 1. The molecule has 27 heavy (non-hydrogen) atoms. The van der Waals surface area contributed by atoms with Crippen molar-refractivity contribution in [2.75, 3.05) is 14.2 Å². The maximum atomic E-state index is 12.8. The van der Waals surface area contributed by atoms with Gasteiger partial charge in [0.25, 0.3) is 5.56 Å². The van der Waals surface area contributed by atoms with E-state index in [1.807, 2.05) is 50.2 Å². The third-order valence-electron chi connectivity index (χ3n) is 4.92. The van der Waals surface area contributed by atoms with Crippen LogP contribution in [0.15, 0.2) is 53.6 Å². The van der Waals surface area contributed by atoms with E-state index in [4.69, 9.17) is 4.74 Å². The molecule has 0 saturated carbocycles. The van der Waals surface area contributed by atoms with Crippen LogP contribution in [-0.2, 0) is 11.3 Å². The Kier molecular flexibility index (Phi) is 5.26. The molecule has 0 fully saturated rings. The van der Waals surface area contributed by atoms with Crippen molar-refractivity contribution in [1.29, 1.82) is 0 Å². The van der Waals surface area contributed by atoms with Crippen LogP contribution in [0.3, 0.4) is 0 Å². The van der Waals surface area contributed by atoms with Gasteiger partial charge in [0.1, 0.15) is 12.3 Å². The molecule has 0 saturated heterocycles. The summed E-state index contributed by atoms with van der Waals surface area (Å²) in [6, 6.07) is 12.9. The average Bonchev–Trinajstić information content (AvgIpc) is 2.69. The van der Waals surface area contributed by atoms with Gasteiger partial charge < -0.3 is 9.64 Å². The summed E-state index contributed by atoms with van der Waals surface area (Å²) in [5.41, 5.74) is 2.30. The number of likely N-dealkylation sites (N-methyl/N-ethyl adjacent to an activating group) is 1. The van der Waals surface area contributed by atoms with Crippen LogP contribution in [0.2, 0.25) is 0 Å². The number of rotatable bonds is 5. The Bertz CT molecular complexity index is 1040. The standard InChI is InChI=1S/C21H23N3O3/c1-14-8-7-10-17-20(14)22-13-24(21(17)26)12-19(25)23(3)15(2)16-9-5-6-11-18(16)27-4/h5-11,13,15H,12H2,1-4H3. The molecular formula is C21H23N3O3. The van der Waals surface area contributed by atoms with E-state index in [9.17, 15) is 9.59 Å². The van der Waals surface area contributed by atoms with Gasteiger partial charge in [-0.1, -0.05) is 30.3 Å². The lowest BCUT2D eigenvalue weighted by molar-refractivity contribution is -0.132. The van der Waals surface area contributed by atoms with E-state index < -0.39 is 0 Å². The molecule has 0 bridgehead atoms. The maximum absolute atomic E-state index is 12.8. The monoisotopic (exact) mass is 365 g/mol. The van der Waals surface area contributed by atoms with Gasteiger partial charge in [-0.15, -0.1) is 0 Å². The number of hydrogen-bond donors (Lipinski definition) is 0. The van der Waals surface area contributed by atoms with E-state index in [2.05, 4.69) is 4.98 Å². The van der Waals surface area contributed by atoms with Crippen LogP contribution in [0.5, 0.6) is 5.75 Å². The molecule has 0 spiro atoms. The fourth-order valence-electron chi connectivity index (χ4n) is 3.14. The van der Waals surface area contributed by atoms with Crippen LogP contribution < -0.4 is 10.3 Å². The van der Waals surface area contributed by atoms with Crippen molar-refractivity contribution in [1.82, 2.24) is 14.5 Å². The number of aromatic nitrogens is 2. The average molecular weight is 365 g/mol. The quantitative estimate of drug-likeness (QED) is 0.697. The molecule has 6 heteroatoms. The summed E-state index contributed by atoms with van der Waals surface area (Å²) in [6.07, 6.45) is 1.44. The second kappa shape index (κ2) is 7.61. The Labute approximate surface area is 158 Å². The topological polar surface area (TPSA) is 64.4 Å². The Hall–Kier alpha value is -3.15. The van der Waals surface area contributed by atoms with Gasteiger partial charge in [-0.2, -0.15) is 0 Å². The first-order valence-electron chi connectivity index (χ1n) is 8.77. The summed E-state index contributed by atoms with van der Waals surface area (Å²) < 4.78 is 6.75. The molecule has 1 atom stereocenters. The largest absolute Gasteiger partial charge is 0.496 e. The third-order valence-corrected chi connectivity index (χ3v) is 4.92. The van der Waals surface area contributed by atoms with Crippen LogP contribution >= 0.6 is 0 Å². The van der Waals surface area contributed by atoms with Crippen molar-refractivity contribution in [3.8, 4) is 5.75 Å². The van der Waals surface area contributed by atoms with Gasteiger partial charge in [-0.05, 0) is 31.5 Å². The first-order chi connectivity index (χ1) is 12.9. The molecule has 1 unspecified atom stereocenters. The van der Waals surface area contributed by atoms with Crippen molar-refractivity contribution in [2.45, 2.75) is 26.4 Å². The van der Waals surface area contributed by atoms with Gasteiger partial charge in [0.15, 0.2) is 0 Å². The molecular weight excluding hydrogens is 342 g/mol. The van der Waals surface area contributed by atoms with Crippen molar-refractivity contribution in [3.63, 3.8) is 0 Å². The first-order valence-corrected chi connectivity index (χ1v) is 8.77. The minimum absolute atomic E-state index is 0.0638. The molecule has 0 aliphatic carbocycles. The SMILES string of the molecule is COc1ccccc1C(C)N(C)C(=O)Cn1cnc2c(C)cccc2c1=O. The predicted octanol–water partition coefficient (Wildman–Crippen LogP) is 2.93. The lowest BCUT2D eigenvalue weighted by Gasteiger charge is -2.26. The number of ether oxygens (including phenoxy) is 1. The molecule has 0 aliphatic heterocycles. The second-order valence-corrected chi connectivity index (χ2v) is 6.57. The zero-order valence-electron chi connectivity index (χ0n) is 16.0. The van der Waals surface area contributed by atoms with Gasteiger partial charge in [0.2, 0.25) is 5.91 Å². The smallest absolute Gasteiger partial charge is 0.261 e. The molecule has 3 rings (SSSR count). The van der Waals surface area contributed by atoms with Gasteiger partial charge in [-0.3, -0.25) is 14.2 Å². The maximum Gasteiger partial charge on any atom is 0.261 e. The van der Waals surface area contributed by atoms with Crippen LogP contribution in [0.25, 0.3) is 10.9 Å². The van der Waals surface area contributed by atoms with Crippen molar-refractivity contribution in [2.24, 2.45) is 0 Å². The van der Waals surface area contributed by atoms with Gasteiger partial charge in [0.05, 0.1) is 30.4 Å². The van der Waals surface area contributed by atoms with Gasteiger partial charge in [-0.25, -0.2) is 4.98 Å². The second-order valence-electron chi connectivity index (χ2n) is 6.57. The first kappa shape index (κ1) is 18.6. The summed E-state index contributed by atoms with van der Waals surface area (Å²) in [5.74, 6) is 0.550. The highest BCUT2D eigenvalue weighted by atomic mass is 16.5. The summed E-state index contributed by atoms with van der Waals surface area (Å²) >= 11 is 0. The Morgan fingerprint density at radius 3 is 2.70 bits per heavy atom. The highest BCUT2D eigenvalue weighted by Crippen LogP contribution is 2.28. The van der Waals surface area contributed by atoms with E-state index >= 15 is 0 Å². The predicted molar refractivity (Wildman–Crippen MR) is 105 cm³/mol. The molecule has 1 heterocycles. The third kappa shape index (κ3) is 3.56. The fraction of sp³-hybridized carbons (Fsp3) is 0.286. The number of methoxy groups -OCH3 is 1. The van der Waals surface area contributed by atoms with Crippen molar-refractivity contribution >= 4 is 16.8 Å². The zero-order chi connectivity index (χ0) is 19.6. The lowest BCUT2D eigenvalue weighted by Crippen LogP contribution is -2.35. The Morgan fingerprint density at radius 2 is 1.96 bits per heavy atom. The number of para-hydroxylation sites is 2. The van der Waals surface area contributed by atoms with E-state index in [0.717, 1.165) is 16.9 Å². The summed E-state index contributed by atoms with van der Waals surface area (Å²) in [5, 5.41) is 0.519. The normalized spacial score (nSPS) is 12.0. The number of nitrogens with zero attached hydrogens (tertiary/aromatic N) is 3. The number of aryl methyl sites for hydroxylation is 1. The number of benzene rings is 2. The molecule has 140 valence electrons. The van der Waals surface area contributed by atoms with E-state index in [1.54, 1.807) is 25.1 Å². The molecule has 1 aromatic heterocycles. The molecule has 0 radical (unpaired) electrons. The summed E-state index contributed by atoms with van der Waals surface area (Å²) in [6.45, 7) is 3.78. The number of carbonyl (C=O) groups is 1. The summed E-state index contributed by atoms with van der Waals surface area (Å²) in [4.78, 5) is 31.5. The minimum atomic E-state index is -0.213. The number of amides is 1. The Balaban J connectivity index is 1.86. The molecule has 1 amide bonds. The van der Waals surface area contributed by atoms with Crippen molar-refractivity contribution in [3.05, 3.63) is 70.3 Å². The molecule has 6 nitrogen and oxygen atoms in total. The Morgan fingerprint density at radius 1 is 1.22 bits per heavy atom. The number of fused-ring (bicyclic) bond motifs is 1. The molecule has 3 aromatic rings. The summed E-state index contributed by atoms with van der Waals surface area (Å²) in [7, 11) is 3.33. The van der Waals surface area contributed by atoms with Gasteiger partial charge in [0, 0.05) is 12.6 Å². The van der Waals surface area contributed by atoms with E-state index in [-0.39, 0.29) is 24.1 Å². The molecule has 0 N–H and O–H groups in total. The van der Waals surface area contributed by atoms with E-state index in [1.165, 1.54) is 10.9 Å². The zero-order valence-corrected chi connectivity index (χ0v) is 16.0. The van der Waals surface area contributed by atoms with Crippen LogP contribution in [0.4, 0.5) is 0 Å². The number of hydrogen-bond acceptors (Lipinski definition) is 4. The highest BCUT2D eigenvalue weighted by Gasteiger charge is 2.21. The van der Waals surface area contributed by atoms with E-state index in [0.29, 0.717) is 10.9 Å². The minimum Gasteiger partial charge on any atom is -0.496 e. The van der Waals surface area contributed by atoms with Crippen LogP contribution in [0.1, 0.15) is 24.1 Å². The van der Waals surface area contributed by atoms with Crippen LogP contribution in [-0.4, -0.2) is 34.5 Å². The molecule has 0 aliphatic rings. The van der Waals surface area contributed by atoms with Crippen LogP contribution in [0, 0.1) is 6.92 Å². The molecule has 2 aromatic carbocycles.